The quantitative estimate of drug-likeness (QED) is 0.495. The van der Waals surface area contributed by atoms with Crippen molar-refractivity contribution < 1.29 is 17.8 Å². The Hall–Kier alpha value is 0.556. The summed E-state index contributed by atoms with van der Waals surface area (Å²) in [5, 5.41) is 5.26. The van der Waals surface area contributed by atoms with Crippen LogP contribution >= 0.6 is 0 Å². The summed E-state index contributed by atoms with van der Waals surface area (Å²) in [6, 6.07) is 0. The van der Waals surface area contributed by atoms with Gasteiger partial charge in [0, 0.05) is 26.2 Å². The first-order chi connectivity index (χ1) is 6.99. The minimum absolute atomic E-state index is 0. The van der Waals surface area contributed by atoms with E-state index in [0.717, 1.165) is 32.8 Å². The molecule has 0 amide bonds. The van der Waals surface area contributed by atoms with E-state index in [0.29, 0.717) is 0 Å². The van der Waals surface area contributed by atoms with Crippen LogP contribution in [0.15, 0.2) is 0 Å². The maximum absolute atomic E-state index is 9.56. The van der Waals surface area contributed by atoms with Gasteiger partial charge in [-0.1, -0.05) is 0 Å². The van der Waals surface area contributed by atoms with Crippen molar-refractivity contribution in [2.45, 2.75) is 13.8 Å². The molecular weight excluding hydrogens is 244 g/mol. The fourth-order valence-corrected chi connectivity index (χ4v) is 0.956. The van der Waals surface area contributed by atoms with E-state index >= 15 is 0 Å². The number of hydrogen-bond donors (Lipinski definition) is 2. The molecule has 0 aromatic carbocycles. The number of piperazine rings is 1. The van der Waals surface area contributed by atoms with Crippen LogP contribution in [0.1, 0.15) is 13.8 Å². The second-order valence-corrected chi connectivity index (χ2v) is 4.71. The molecule has 1 aliphatic heterocycles. The second-order valence-electron chi connectivity index (χ2n) is 2.97. The van der Waals surface area contributed by atoms with Crippen molar-refractivity contribution >= 4 is 33.2 Å². The Morgan fingerprint density at radius 2 is 1.75 bits per heavy atom. The average Bonchev–Trinajstić information content (AvgIpc) is 2.20. The van der Waals surface area contributed by atoms with E-state index in [-0.39, 0.29) is 28.8 Å². The highest BCUT2D eigenvalue weighted by molar-refractivity contribution is 7.85. The zero-order valence-electron chi connectivity index (χ0n) is 9.27. The van der Waals surface area contributed by atoms with Gasteiger partial charge in [0.2, 0.25) is 0 Å². The summed E-state index contributed by atoms with van der Waals surface area (Å²) >= 11 is 0. The van der Waals surface area contributed by atoms with Crippen molar-refractivity contribution in [1.29, 1.82) is 0 Å². The molecule has 2 N–H and O–H groups in total. The molecule has 0 atom stereocenters. The monoisotopic (exact) mass is 266 g/mol. The Morgan fingerprint density at radius 1 is 1.31 bits per heavy atom. The maximum Gasteiger partial charge on any atom is 0.316 e. The van der Waals surface area contributed by atoms with Gasteiger partial charge in [-0.2, -0.15) is 13.5 Å². The third-order valence-electron chi connectivity index (χ3n) is 1.75. The highest BCUT2D eigenvalue weighted by atomic mass is 32.2. The summed E-state index contributed by atoms with van der Waals surface area (Å²) in [4.78, 5) is 5.28. The zero-order valence-corrected chi connectivity index (χ0v) is 10.1. The molecule has 96 valence electrons. The Kier molecular flexibility index (Phi) is 12.6. The molecule has 16 heavy (non-hydrogen) atoms. The van der Waals surface area contributed by atoms with E-state index < -0.39 is 10.1 Å². The highest BCUT2D eigenvalue weighted by Gasteiger charge is 2.07. The van der Waals surface area contributed by atoms with Gasteiger partial charge in [0.05, 0.1) is 12.4 Å². The van der Waals surface area contributed by atoms with E-state index in [2.05, 4.69) is 5.32 Å². The summed E-state index contributed by atoms with van der Waals surface area (Å²) in [5.41, 5.74) is 0. The van der Waals surface area contributed by atoms with Crippen molar-refractivity contribution in [2.24, 2.45) is 0 Å². The Bertz CT molecular complexity index is 240. The van der Waals surface area contributed by atoms with Crippen molar-refractivity contribution in [2.75, 3.05) is 38.5 Å². The largest absolute Gasteiger partial charge is 0.316 e. The van der Waals surface area contributed by atoms with Gasteiger partial charge >= 0.3 is 23.1 Å². The number of nitrogens with one attached hydrogen (secondary N) is 1. The predicted molar refractivity (Wildman–Crippen MR) is 66.7 cm³/mol. The van der Waals surface area contributed by atoms with Crippen LogP contribution < -0.4 is 5.32 Å². The van der Waals surface area contributed by atoms with Gasteiger partial charge < -0.3 is 5.32 Å². The molecule has 0 aromatic rings. The minimum Gasteiger partial charge on any atom is -0.314 e. The maximum atomic E-state index is 9.56. The van der Waals surface area contributed by atoms with Gasteiger partial charge in [0.1, 0.15) is 0 Å². The first-order valence-electron chi connectivity index (χ1n) is 5.03. The van der Waals surface area contributed by atoms with Crippen LogP contribution in [-0.2, 0) is 15.0 Å². The molecule has 0 bridgehead atoms. The van der Waals surface area contributed by atoms with E-state index in [1.165, 1.54) is 6.92 Å². The van der Waals surface area contributed by atoms with Gasteiger partial charge in [-0.3, -0.25) is 9.39 Å². The van der Waals surface area contributed by atoms with Gasteiger partial charge in [-0.25, -0.2) is 0 Å². The number of hydrogen-bond acceptors (Lipinski definition) is 5. The Morgan fingerprint density at radius 3 is 2.06 bits per heavy atom. The van der Waals surface area contributed by atoms with Crippen LogP contribution in [0.5, 0.6) is 0 Å². The second kappa shape index (κ2) is 10.7. The van der Waals surface area contributed by atoms with Crippen LogP contribution in [-0.4, -0.2) is 79.6 Å². The van der Waals surface area contributed by atoms with Crippen LogP contribution in [0.4, 0.5) is 0 Å². The molecule has 1 heterocycles. The molecule has 8 heteroatoms. The van der Waals surface area contributed by atoms with E-state index in [1.807, 2.05) is 12.0 Å². The first kappa shape index (κ1) is 18.9. The van der Waals surface area contributed by atoms with E-state index in [4.69, 9.17) is 9.39 Å². The average molecular weight is 267 g/mol. The fourth-order valence-electron chi connectivity index (χ4n) is 0.956. The SMILES string of the molecule is CCON1CCNCC1.CCS(=O)(=O)O.[MgH2]. The third kappa shape index (κ3) is 12.6. The molecule has 1 saturated heterocycles. The molecule has 0 aromatic heterocycles. The van der Waals surface area contributed by atoms with Gasteiger partial charge in [0.25, 0.3) is 10.1 Å². The molecule has 6 nitrogen and oxygen atoms in total. The lowest BCUT2D eigenvalue weighted by Gasteiger charge is -2.25. The third-order valence-corrected chi connectivity index (χ3v) is 2.48. The lowest BCUT2D eigenvalue weighted by Crippen LogP contribution is -2.43. The summed E-state index contributed by atoms with van der Waals surface area (Å²) < 4.78 is 26.9. The van der Waals surface area contributed by atoms with Crippen molar-refractivity contribution in [3.8, 4) is 0 Å². The number of hydroxylamine groups is 2. The van der Waals surface area contributed by atoms with Crippen LogP contribution in [0.25, 0.3) is 0 Å². The molecule has 0 unspecified atom stereocenters. The molecule has 0 spiro atoms. The molecule has 1 rings (SSSR count). The minimum atomic E-state index is -3.66. The highest BCUT2D eigenvalue weighted by Crippen LogP contribution is 1.91. The standard InChI is InChI=1S/C6H14N2O.C2H6O3S.Mg.2H/c1-2-9-8-5-3-7-4-6-8;1-2-6(3,4)5;;;/h7H,2-6H2,1H3;2H2,1H3,(H,3,4,5);;;. The molecule has 0 radical (unpaired) electrons. The molecule has 1 fully saturated rings. The van der Waals surface area contributed by atoms with Gasteiger partial charge in [-0.05, 0) is 13.8 Å². The smallest absolute Gasteiger partial charge is 0.314 e. The van der Waals surface area contributed by atoms with E-state index in [1.54, 1.807) is 0 Å². The molecule has 0 aliphatic carbocycles. The molecular formula is C8H22MgN2O4S. The number of nitrogens with zero attached hydrogens (tertiary/aromatic N) is 1. The lowest BCUT2D eigenvalue weighted by atomic mass is 10.4. The Balaban J connectivity index is 0. The fraction of sp³-hybridized carbons (Fsp3) is 1.00. The molecule has 1 aliphatic rings. The number of rotatable bonds is 3. The van der Waals surface area contributed by atoms with Crippen LogP contribution in [0, 0.1) is 0 Å². The zero-order chi connectivity index (χ0) is 11.7. The van der Waals surface area contributed by atoms with Crippen molar-refractivity contribution in [3.63, 3.8) is 0 Å². The Labute approximate surface area is 114 Å². The summed E-state index contributed by atoms with van der Waals surface area (Å²) in [6.45, 7) is 8.33. The lowest BCUT2D eigenvalue weighted by molar-refractivity contribution is -0.159. The van der Waals surface area contributed by atoms with Crippen molar-refractivity contribution in [1.82, 2.24) is 10.4 Å². The topological polar surface area (TPSA) is 78.9 Å². The predicted octanol–water partition coefficient (Wildman–Crippen LogP) is -1.18. The van der Waals surface area contributed by atoms with Crippen LogP contribution in [0.2, 0.25) is 0 Å². The van der Waals surface area contributed by atoms with Gasteiger partial charge in [-0.15, -0.1) is 0 Å². The van der Waals surface area contributed by atoms with E-state index in [9.17, 15) is 8.42 Å². The normalized spacial score (nSPS) is 16.9. The summed E-state index contributed by atoms with van der Waals surface area (Å²) in [5.74, 6) is -0.201. The van der Waals surface area contributed by atoms with Crippen molar-refractivity contribution in [3.05, 3.63) is 0 Å². The first-order valence-corrected chi connectivity index (χ1v) is 6.64. The summed E-state index contributed by atoms with van der Waals surface area (Å²) in [6.07, 6.45) is 0. The van der Waals surface area contributed by atoms with Crippen LogP contribution in [0.3, 0.4) is 0 Å². The molecule has 0 saturated carbocycles. The van der Waals surface area contributed by atoms with Gasteiger partial charge in [0.15, 0.2) is 0 Å². The summed E-state index contributed by atoms with van der Waals surface area (Å²) in [7, 11) is -3.66.